The van der Waals surface area contributed by atoms with Crippen LogP contribution >= 0.6 is 11.3 Å². The second-order valence-corrected chi connectivity index (χ2v) is 13.2. The third-order valence-electron chi connectivity index (χ3n) is 9.41. The van der Waals surface area contributed by atoms with E-state index in [1.807, 2.05) is 17.4 Å². The number of hydrogen-bond acceptors (Lipinski definition) is 3. The highest BCUT2D eigenvalue weighted by Crippen LogP contribution is 2.46. The van der Waals surface area contributed by atoms with Crippen LogP contribution in [0, 0.1) is 0 Å². The van der Waals surface area contributed by atoms with Crippen molar-refractivity contribution in [1.82, 2.24) is 0 Å². The number of anilines is 3. The molecule has 220 valence electrons. The average Bonchev–Trinajstić information content (AvgIpc) is 3.69. The number of hydrogen-bond donors (Lipinski definition) is 0. The van der Waals surface area contributed by atoms with Crippen molar-refractivity contribution >= 4 is 92.1 Å². The zero-order chi connectivity index (χ0) is 30.9. The van der Waals surface area contributed by atoms with Crippen LogP contribution < -0.4 is 4.90 Å². The van der Waals surface area contributed by atoms with Crippen LogP contribution in [0.25, 0.3) is 74.8 Å². The Morgan fingerprint density at radius 1 is 0.383 bits per heavy atom. The molecule has 2 aromatic heterocycles. The zero-order valence-electron chi connectivity index (χ0n) is 25.4. The van der Waals surface area contributed by atoms with Gasteiger partial charge in [0.1, 0.15) is 11.2 Å². The molecular formula is C44H27NOS. The van der Waals surface area contributed by atoms with E-state index in [1.165, 1.54) is 47.5 Å². The number of rotatable bonds is 4. The maximum Gasteiger partial charge on any atom is 0.136 e. The minimum atomic E-state index is 0.896. The van der Waals surface area contributed by atoms with Crippen molar-refractivity contribution in [2.75, 3.05) is 4.90 Å². The van der Waals surface area contributed by atoms with Gasteiger partial charge in [-0.25, -0.2) is 0 Å². The molecule has 47 heavy (non-hydrogen) atoms. The summed E-state index contributed by atoms with van der Waals surface area (Å²) in [6.07, 6.45) is 0. The summed E-state index contributed by atoms with van der Waals surface area (Å²) < 4.78 is 9.05. The van der Waals surface area contributed by atoms with Gasteiger partial charge >= 0.3 is 0 Å². The first-order valence-electron chi connectivity index (χ1n) is 15.9. The fourth-order valence-corrected chi connectivity index (χ4v) is 8.36. The maximum absolute atomic E-state index is 6.47. The molecule has 0 bridgehead atoms. The summed E-state index contributed by atoms with van der Waals surface area (Å²) in [5, 5.41) is 9.67. The van der Waals surface area contributed by atoms with Crippen LogP contribution in [0.4, 0.5) is 17.1 Å². The molecule has 2 heterocycles. The van der Waals surface area contributed by atoms with Gasteiger partial charge in [0, 0.05) is 47.7 Å². The van der Waals surface area contributed by atoms with Crippen LogP contribution in [0.5, 0.6) is 0 Å². The number of benzene rings is 8. The van der Waals surface area contributed by atoms with Crippen molar-refractivity contribution in [2.45, 2.75) is 0 Å². The molecule has 10 rings (SSSR count). The highest BCUT2D eigenvalue weighted by Gasteiger charge is 2.21. The maximum atomic E-state index is 6.47. The molecular weight excluding hydrogens is 591 g/mol. The SMILES string of the molecule is c1ccc(-c2cccc(N(c3ccc4c(c3)sc3ccccc34)c3cc4ccccc4c4cc5c(cc34)oc3ccccc35)c2)cc1. The summed E-state index contributed by atoms with van der Waals surface area (Å²) in [5.74, 6) is 0. The first-order valence-corrected chi connectivity index (χ1v) is 16.7. The van der Waals surface area contributed by atoms with Gasteiger partial charge in [0.25, 0.3) is 0 Å². The van der Waals surface area contributed by atoms with Gasteiger partial charge in [-0.05, 0) is 81.9 Å². The second-order valence-electron chi connectivity index (χ2n) is 12.1. The van der Waals surface area contributed by atoms with Gasteiger partial charge in [-0.2, -0.15) is 0 Å². The molecule has 0 saturated carbocycles. The van der Waals surface area contributed by atoms with Gasteiger partial charge in [0.05, 0.1) is 5.69 Å². The van der Waals surface area contributed by atoms with Crippen LogP contribution in [0.1, 0.15) is 0 Å². The lowest BCUT2D eigenvalue weighted by atomic mass is 9.96. The second kappa shape index (κ2) is 10.3. The molecule has 0 aliphatic carbocycles. The largest absolute Gasteiger partial charge is 0.456 e. The van der Waals surface area contributed by atoms with Gasteiger partial charge < -0.3 is 9.32 Å². The predicted octanol–water partition coefficient (Wildman–Crippen LogP) is 13.4. The molecule has 10 aromatic rings. The molecule has 0 unspecified atom stereocenters. The van der Waals surface area contributed by atoms with E-state index in [-0.39, 0.29) is 0 Å². The fraction of sp³-hybridized carbons (Fsp3) is 0. The average molecular weight is 618 g/mol. The van der Waals surface area contributed by atoms with Crippen LogP contribution in [-0.4, -0.2) is 0 Å². The lowest BCUT2D eigenvalue weighted by molar-refractivity contribution is 0.669. The van der Waals surface area contributed by atoms with E-state index in [1.54, 1.807) is 0 Å². The third kappa shape index (κ3) is 4.17. The minimum absolute atomic E-state index is 0.896. The number of fused-ring (bicyclic) bond motifs is 9. The summed E-state index contributed by atoms with van der Waals surface area (Å²) in [4.78, 5) is 2.43. The summed E-state index contributed by atoms with van der Waals surface area (Å²) in [7, 11) is 0. The number of nitrogens with zero attached hydrogens (tertiary/aromatic N) is 1. The number of para-hydroxylation sites is 1. The minimum Gasteiger partial charge on any atom is -0.456 e. The van der Waals surface area contributed by atoms with Crippen LogP contribution in [0.3, 0.4) is 0 Å². The molecule has 0 amide bonds. The standard InChI is InChI=1S/C44H27NOS/c1-2-11-28(12-3-1)29-14-10-15-31(23-29)45(32-21-22-36-35-18-7-9-20-43(35)47-44(36)25-32)40-24-30-13-4-5-16-33(30)37-26-39-34-17-6-8-19-41(34)46-42(39)27-38(37)40/h1-27H. The van der Waals surface area contributed by atoms with Gasteiger partial charge in [0.2, 0.25) is 0 Å². The van der Waals surface area contributed by atoms with Crippen LogP contribution in [0.15, 0.2) is 168 Å². The van der Waals surface area contributed by atoms with E-state index in [9.17, 15) is 0 Å². The monoisotopic (exact) mass is 617 g/mol. The van der Waals surface area contributed by atoms with Gasteiger partial charge in [-0.1, -0.05) is 109 Å². The predicted molar refractivity (Wildman–Crippen MR) is 202 cm³/mol. The number of furan rings is 1. The highest BCUT2D eigenvalue weighted by atomic mass is 32.1. The van der Waals surface area contributed by atoms with Crippen molar-refractivity contribution in [3.8, 4) is 11.1 Å². The van der Waals surface area contributed by atoms with E-state index >= 15 is 0 Å². The van der Waals surface area contributed by atoms with Gasteiger partial charge in [-0.15, -0.1) is 11.3 Å². The third-order valence-corrected chi connectivity index (χ3v) is 10.5. The summed E-state index contributed by atoms with van der Waals surface area (Å²) >= 11 is 1.85. The van der Waals surface area contributed by atoms with E-state index in [2.05, 4.69) is 163 Å². The quantitative estimate of drug-likeness (QED) is 0.183. The first-order chi connectivity index (χ1) is 23.3. The Labute approximate surface area is 275 Å². The Morgan fingerprint density at radius 3 is 2.02 bits per heavy atom. The van der Waals surface area contributed by atoms with E-state index in [0.717, 1.165) is 44.4 Å². The fourth-order valence-electron chi connectivity index (χ4n) is 7.22. The molecule has 0 spiro atoms. The Balaban J connectivity index is 1.30. The Kier molecular flexibility index (Phi) is 5.78. The molecule has 2 nitrogen and oxygen atoms in total. The smallest absolute Gasteiger partial charge is 0.136 e. The van der Waals surface area contributed by atoms with E-state index in [0.29, 0.717) is 0 Å². The molecule has 3 heteroatoms. The molecule has 0 N–H and O–H groups in total. The summed E-state index contributed by atoms with van der Waals surface area (Å²) in [5.41, 5.74) is 7.53. The van der Waals surface area contributed by atoms with Crippen molar-refractivity contribution in [3.05, 3.63) is 164 Å². The zero-order valence-corrected chi connectivity index (χ0v) is 26.2. The molecule has 0 atom stereocenters. The molecule has 0 radical (unpaired) electrons. The van der Waals surface area contributed by atoms with Crippen molar-refractivity contribution in [2.24, 2.45) is 0 Å². The summed E-state index contributed by atoms with van der Waals surface area (Å²) in [6, 6.07) is 59.1. The Bertz CT molecular complexity index is 2810. The summed E-state index contributed by atoms with van der Waals surface area (Å²) in [6.45, 7) is 0. The van der Waals surface area contributed by atoms with Crippen LogP contribution in [-0.2, 0) is 0 Å². The van der Waals surface area contributed by atoms with E-state index in [4.69, 9.17) is 4.42 Å². The van der Waals surface area contributed by atoms with E-state index < -0.39 is 0 Å². The van der Waals surface area contributed by atoms with Crippen LogP contribution in [0.2, 0.25) is 0 Å². The normalized spacial score (nSPS) is 11.8. The molecule has 8 aromatic carbocycles. The topological polar surface area (TPSA) is 16.4 Å². The lowest BCUT2D eigenvalue weighted by Gasteiger charge is -2.28. The highest BCUT2D eigenvalue weighted by molar-refractivity contribution is 7.25. The van der Waals surface area contributed by atoms with Crippen molar-refractivity contribution in [3.63, 3.8) is 0 Å². The molecule has 0 aliphatic rings. The Morgan fingerprint density at radius 2 is 1.11 bits per heavy atom. The van der Waals surface area contributed by atoms with Gasteiger partial charge in [-0.3, -0.25) is 0 Å². The number of thiophene rings is 1. The van der Waals surface area contributed by atoms with Crippen molar-refractivity contribution < 1.29 is 4.42 Å². The molecule has 0 saturated heterocycles. The van der Waals surface area contributed by atoms with Crippen molar-refractivity contribution in [1.29, 1.82) is 0 Å². The first kappa shape index (κ1) is 26.3. The van der Waals surface area contributed by atoms with Gasteiger partial charge in [0.15, 0.2) is 0 Å². The molecule has 0 fully saturated rings. The Hall–Kier alpha value is -5.90. The lowest BCUT2D eigenvalue weighted by Crippen LogP contribution is -2.10. The molecule has 0 aliphatic heterocycles.